The van der Waals surface area contributed by atoms with E-state index in [-0.39, 0.29) is 0 Å². The molecule has 112 valence electrons. The molecule has 0 bridgehead atoms. The zero-order valence-electron chi connectivity index (χ0n) is 12.0. The Labute approximate surface area is 128 Å². The van der Waals surface area contributed by atoms with Crippen LogP contribution in [-0.4, -0.2) is 31.4 Å². The van der Waals surface area contributed by atoms with Gasteiger partial charge in [-0.15, -0.1) is 0 Å². The lowest BCUT2D eigenvalue weighted by Gasteiger charge is -2.15. The number of thiocarbonyl (C=S) groups is 1. The second-order valence-corrected chi connectivity index (χ2v) is 4.50. The van der Waals surface area contributed by atoms with Crippen LogP contribution in [0, 0.1) is 0 Å². The van der Waals surface area contributed by atoms with Gasteiger partial charge in [-0.25, -0.2) is 0 Å². The molecule has 0 saturated heterocycles. The van der Waals surface area contributed by atoms with Gasteiger partial charge in [-0.05, 0) is 18.3 Å². The fourth-order valence-electron chi connectivity index (χ4n) is 1.85. The van der Waals surface area contributed by atoms with Gasteiger partial charge in [-0.1, -0.05) is 0 Å². The van der Waals surface area contributed by atoms with Crippen molar-refractivity contribution in [3.05, 3.63) is 30.6 Å². The third-order valence-corrected chi connectivity index (χ3v) is 2.98. The summed E-state index contributed by atoms with van der Waals surface area (Å²) in [6.07, 6.45) is 3.62. The molecule has 6 nitrogen and oxygen atoms in total. The van der Waals surface area contributed by atoms with Gasteiger partial charge in [0.15, 0.2) is 16.6 Å². The van der Waals surface area contributed by atoms with E-state index in [1.54, 1.807) is 33.5 Å². The van der Waals surface area contributed by atoms with E-state index in [0.717, 1.165) is 11.4 Å². The standard InChI is InChI=1S/C14H17N3O3S/c1-18-11-6-10(7-12(19-2)13(11)20-3)17-14(21)16-9-4-5-15-8-9/h4-8,15H,1-3H3,(H2,16,17,21). The van der Waals surface area contributed by atoms with E-state index in [2.05, 4.69) is 15.6 Å². The summed E-state index contributed by atoms with van der Waals surface area (Å²) in [4.78, 5) is 2.94. The minimum Gasteiger partial charge on any atom is -0.493 e. The molecule has 1 aromatic heterocycles. The summed E-state index contributed by atoms with van der Waals surface area (Å²) in [7, 11) is 4.69. The van der Waals surface area contributed by atoms with E-state index in [0.29, 0.717) is 22.4 Å². The van der Waals surface area contributed by atoms with Crippen LogP contribution in [-0.2, 0) is 0 Å². The molecular weight excluding hydrogens is 290 g/mol. The Balaban J connectivity index is 2.17. The average Bonchev–Trinajstić information content (AvgIpc) is 2.98. The van der Waals surface area contributed by atoms with Crippen molar-refractivity contribution in [1.29, 1.82) is 0 Å². The van der Waals surface area contributed by atoms with Gasteiger partial charge in [0.2, 0.25) is 5.75 Å². The number of hydrogen-bond donors (Lipinski definition) is 3. The Kier molecular flexibility index (Phi) is 4.89. The molecule has 0 spiro atoms. The summed E-state index contributed by atoms with van der Waals surface area (Å²) in [5.41, 5.74) is 1.61. The number of anilines is 2. The first-order valence-electron chi connectivity index (χ1n) is 6.18. The number of aromatic nitrogens is 1. The average molecular weight is 307 g/mol. The molecule has 0 aliphatic heterocycles. The zero-order chi connectivity index (χ0) is 15.2. The van der Waals surface area contributed by atoms with Crippen LogP contribution in [0.5, 0.6) is 17.2 Å². The lowest BCUT2D eigenvalue weighted by Crippen LogP contribution is -2.18. The lowest BCUT2D eigenvalue weighted by molar-refractivity contribution is 0.324. The molecule has 1 aromatic carbocycles. The number of benzene rings is 1. The highest BCUT2D eigenvalue weighted by Gasteiger charge is 2.13. The first-order valence-corrected chi connectivity index (χ1v) is 6.59. The molecule has 1 heterocycles. The van der Waals surface area contributed by atoms with Gasteiger partial charge in [0.05, 0.1) is 27.0 Å². The van der Waals surface area contributed by atoms with Crippen LogP contribution < -0.4 is 24.8 Å². The van der Waals surface area contributed by atoms with E-state index in [9.17, 15) is 0 Å². The van der Waals surface area contributed by atoms with Crippen LogP contribution in [0.25, 0.3) is 0 Å². The number of H-pyrrole nitrogens is 1. The molecule has 3 N–H and O–H groups in total. The smallest absolute Gasteiger partial charge is 0.203 e. The zero-order valence-corrected chi connectivity index (χ0v) is 12.8. The first-order chi connectivity index (χ1) is 10.2. The highest BCUT2D eigenvalue weighted by Crippen LogP contribution is 2.39. The van der Waals surface area contributed by atoms with Crippen molar-refractivity contribution >= 4 is 28.7 Å². The summed E-state index contributed by atoms with van der Waals surface area (Å²) in [5.74, 6) is 1.66. The van der Waals surface area contributed by atoms with Gasteiger partial charge in [0.1, 0.15) is 0 Å². The molecule has 0 amide bonds. The van der Waals surface area contributed by atoms with Gasteiger partial charge < -0.3 is 29.8 Å². The highest BCUT2D eigenvalue weighted by molar-refractivity contribution is 7.80. The van der Waals surface area contributed by atoms with E-state index >= 15 is 0 Å². The minimum atomic E-state index is 0.462. The van der Waals surface area contributed by atoms with Crippen LogP contribution in [0.1, 0.15) is 0 Å². The fraction of sp³-hybridized carbons (Fsp3) is 0.214. The Bertz CT molecular complexity index is 589. The van der Waals surface area contributed by atoms with Crippen molar-refractivity contribution in [3.63, 3.8) is 0 Å². The van der Waals surface area contributed by atoms with Gasteiger partial charge in [-0.2, -0.15) is 0 Å². The van der Waals surface area contributed by atoms with Crippen LogP contribution >= 0.6 is 12.2 Å². The molecule has 0 radical (unpaired) electrons. The fourth-order valence-corrected chi connectivity index (χ4v) is 2.08. The quantitative estimate of drug-likeness (QED) is 0.738. The molecule has 0 aliphatic rings. The van der Waals surface area contributed by atoms with E-state index < -0.39 is 0 Å². The van der Waals surface area contributed by atoms with Gasteiger partial charge in [-0.3, -0.25) is 0 Å². The highest BCUT2D eigenvalue weighted by atomic mass is 32.1. The van der Waals surface area contributed by atoms with Crippen molar-refractivity contribution in [3.8, 4) is 17.2 Å². The SMILES string of the molecule is COc1cc(NC(=S)Nc2cc[nH]c2)cc(OC)c1OC. The Morgan fingerprint density at radius 2 is 1.62 bits per heavy atom. The topological polar surface area (TPSA) is 67.5 Å². The second kappa shape index (κ2) is 6.85. The molecular formula is C14H17N3O3S. The summed E-state index contributed by atoms with van der Waals surface area (Å²) in [6, 6.07) is 5.45. The predicted octanol–water partition coefficient (Wildman–Crippen LogP) is 2.85. The van der Waals surface area contributed by atoms with Crippen LogP contribution in [0.15, 0.2) is 30.6 Å². The van der Waals surface area contributed by atoms with Crippen molar-refractivity contribution in [2.75, 3.05) is 32.0 Å². The van der Waals surface area contributed by atoms with Gasteiger partial charge in [0, 0.05) is 30.2 Å². The third kappa shape index (κ3) is 3.57. The van der Waals surface area contributed by atoms with E-state index in [1.165, 1.54) is 0 Å². The van der Waals surface area contributed by atoms with Crippen LogP contribution in [0.2, 0.25) is 0 Å². The van der Waals surface area contributed by atoms with Crippen molar-refractivity contribution in [1.82, 2.24) is 4.98 Å². The number of nitrogens with one attached hydrogen (secondary N) is 3. The molecule has 2 aromatic rings. The minimum absolute atomic E-state index is 0.462. The molecule has 21 heavy (non-hydrogen) atoms. The van der Waals surface area contributed by atoms with Crippen molar-refractivity contribution < 1.29 is 14.2 Å². The molecule has 0 aliphatic carbocycles. The molecule has 0 unspecified atom stereocenters. The summed E-state index contributed by atoms with van der Waals surface area (Å²) >= 11 is 5.26. The van der Waals surface area contributed by atoms with Crippen LogP contribution in [0.3, 0.4) is 0 Å². The first kappa shape index (κ1) is 15.0. The van der Waals surface area contributed by atoms with Crippen LogP contribution in [0.4, 0.5) is 11.4 Å². The number of rotatable bonds is 5. The molecule has 7 heteroatoms. The predicted molar refractivity (Wildman–Crippen MR) is 86.7 cm³/mol. The molecule has 2 rings (SSSR count). The number of hydrogen-bond acceptors (Lipinski definition) is 4. The van der Waals surface area contributed by atoms with E-state index in [4.69, 9.17) is 26.4 Å². The molecule has 0 atom stereocenters. The molecule has 0 saturated carbocycles. The third-order valence-electron chi connectivity index (χ3n) is 2.78. The van der Waals surface area contributed by atoms with Gasteiger partial charge in [0.25, 0.3) is 0 Å². The Morgan fingerprint density at radius 3 is 2.10 bits per heavy atom. The second-order valence-electron chi connectivity index (χ2n) is 4.09. The monoisotopic (exact) mass is 307 g/mol. The van der Waals surface area contributed by atoms with Crippen molar-refractivity contribution in [2.45, 2.75) is 0 Å². The number of methoxy groups -OCH3 is 3. The summed E-state index contributed by atoms with van der Waals surface area (Å²) in [6.45, 7) is 0. The molecule has 0 fully saturated rings. The van der Waals surface area contributed by atoms with Gasteiger partial charge >= 0.3 is 0 Å². The normalized spacial score (nSPS) is 9.86. The maximum atomic E-state index is 5.29. The Morgan fingerprint density at radius 1 is 1.00 bits per heavy atom. The summed E-state index contributed by atoms with van der Waals surface area (Å²) < 4.78 is 15.9. The van der Waals surface area contributed by atoms with E-state index in [1.807, 2.05) is 18.5 Å². The number of ether oxygens (including phenoxy) is 3. The lowest BCUT2D eigenvalue weighted by atomic mass is 10.2. The maximum absolute atomic E-state index is 5.29. The Hall–Kier alpha value is -2.41. The van der Waals surface area contributed by atoms with Crippen molar-refractivity contribution in [2.24, 2.45) is 0 Å². The largest absolute Gasteiger partial charge is 0.493 e. The maximum Gasteiger partial charge on any atom is 0.203 e. The number of aromatic amines is 1. The summed E-state index contributed by atoms with van der Waals surface area (Å²) in [5, 5.41) is 6.58.